The van der Waals surface area contributed by atoms with Gasteiger partial charge in [0.05, 0.1) is 17.8 Å². The van der Waals surface area contributed by atoms with Crippen molar-refractivity contribution in [1.82, 2.24) is 25.4 Å². The highest BCUT2D eigenvalue weighted by Crippen LogP contribution is 2.15. The number of nitriles is 1. The molecule has 3 aromatic rings. The summed E-state index contributed by atoms with van der Waals surface area (Å²) in [7, 11) is 0. The highest BCUT2D eigenvalue weighted by molar-refractivity contribution is 5.96. The molecule has 4 rings (SSSR count). The molecule has 32 heavy (non-hydrogen) atoms. The van der Waals surface area contributed by atoms with Gasteiger partial charge in [0, 0.05) is 40.0 Å². The van der Waals surface area contributed by atoms with Crippen LogP contribution in [0.15, 0.2) is 42.7 Å². The first-order chi connectivity index (χ1) is 15.6. The Morgan fingerprint density at radius 1 is 1.34 bits per heavy atom. The van der Waals surface area contributed by atoms with Crippen molar-refractivity contribution in [3.63, 3.8) is 0 Å². The smallest absolute Gasteiger partial charge is 0.294 e. The van der Waals surface area contributed by atoms with Gasteiger partial charge in [-0.1, -0.05) is 29.8 Å². The Morgan fingerprint density at radius 3 is 2.78 bits per heavy atom. The number of aromatic nitrogens is 3. The Hall–Kier alpha value is -3.77. The second-order valence-electron chi connectivity index (χ2n) is 7.61. The molecule has 9 nitrogen and oxygen atoms in total. The molecule has 0 spiro atoms. The standard InChI is InChI=1S/C15H14N4O.C8H12N2O2.2H2/c1-10-2-4-11(5-3-10)7-17-15(20)13-6-12-9-18-19-14(12)16-8-13;9-5-8-1-3-10(4-2-8)6-12-7-11;;/h2-6,8-9H,7H2,1H3,(H,17,20)(H,16,18,19);7-8H,1-4,6H2;2*1H. The summed E-state index contributed by atoms with van der Waals surface area (Å²) in [5.41, 5.74) is 3.49. The van der Waals surface area contributed by atoms with E-state index in [9.17, 15) is 9.59 Å². The van der Waals surface area contributed by atoms with E-state index < -0.39 is 0 Å². The third-order valence-corrected chi connectivity index (χ3v) is 5.22. The molecule has 0 saturated carbocycles. The van der Waals surface area contributed by atoms with E-state index in [-0.39, 0.29) is 14.7 Å². The van der Waals surface area contributed by atoms with Crippen molar-refractivity contribution in [2.24, 2.45) is 5.92 Å². The minimum absolute atomic E-state index is 0. The van der Waals surface area contributed by atoms with E-state index in [4.69, 9.17) is 5.26 Å². The van der Waals surface area contributed by atoms with E-state index >= 15 is 0 Å². The molecule has 1 aliphatic rings. The van der Waals surface area contributed by atoms with E-state index in [0.717, 1.165) is 36.9 Å². The van der Waals surface area contributed by atoms with Crippen LogP contribution in [0.25, 0.3) is 11.0 Å². The minimum atomic E-state index is -0.138. The Bertz CT molecular complexity index is 1080. The van der Waals surface area contributed by atoms with Gasteiger partial charge in [-0.15, -0.1) is 0 Å². The normalized spacial score (nSPS) is 14.1. The molecule has 1 aromatic carbocycles. The van der Waals surface area contributed by atoms with Crippen LogP contribution in [-0.2, 0) is 16.1 Å². The van der Waals surface area contributed by atoms with Crippen LogP contribution in [-0.4, -0.2) is 52.3 Å². The molecule has 0 bridgehead atoms. The second-order valence-corrected chi connectivity index (χ2v) is 7.61. The van der Waals surface area contributed by atoms with E-state index in [1.807, 2.05) is 36.1 Å². The fourth-order valence-electron chi connectivity index (χ4n) is 3.28. The van der Waals surface area contributed by atoms with Gasteiger partial charge in [-0.25, -0.2) is 4.98 Å². The van der Waals surface area contributed by atoms with Gasteiger partial charge in [0.25, 0.3) is 12.4 Å². The van der Waals surface area contributed by atoms with Gasteiger partial charge in [-0.3, -0.25) is 19.6 Å². The third-order valence-electron chi connectivity index (χ3n) is 5.22. The lowest BCUT2D eigenvalue weighted by molar-refractivity contribution is -0.133. The molecule has 0 unspecified atom stereocenters. The Morgan fingerprint density at radius 2 is 2.09 bits per heavy atom. The van der Waals surface area contributed by atoms with Crippen LogP contribution in [0.2, 0.25) is 0 Å². The topological polar surface area (TPSA) is 124 Å². The first-order valence-electron chi connectivity index (χ1n) is 10.4. The number of nitrogens with zero attached hydrogens (tertiary/aromatic N) is 4. The maximum atomic E-state index is 12.1. The number of hydrogen-bond acceptors (Lipinski definition) is 7. The van der Waals surface area contributed by atoms with Gasteiger partial charge in [-0.2, -0.15) is 10.4 Å². The molecule has 170 valence electrons. The molecule has 1 fully saturated rings. The molecule has 0 atom stereocenters. The van der Waals surface area contributed by atoms with Crippen molar-refractivity contribution in [3.8, 4) is 6.07 Å². The number of ether oxygens (including phenoxy) is 1. The van der Waals surface area contributed by atoms with Crippen LogP contribution in [0.4, 0.5) is 0 Å². The minimum Gasteiger partial charge on any atom is -0.452 e. The number of rotatable bonds is 6. The average molecular weight is 439 g/mol. The van der Waals surface area contributed by atoms with Gasteiger partial charge >= 0.3 is 0 Å². The lowest BCUT2D eigenvalue weighted by Crippen LogP contribution is -2.34. The van der Waals surface area contributed by atoms with E-state index in [1.165, 1.54) is 5.56 Å². The summed E-state index contributed by atoms with van der Waals surface area (Å²) < 4.78 is 4.60. The number of carbonyl (C=O) groups is 2. The number of piperidine rings is 1. The van der Waals surface area contributed by atoms with Gasteiger partial charge in [0.1, 0.15) is 6.73 Å². The molecule has 9 heteroatoms. The average Bonchev–Trinajstić information content (AvgIpc) is 3.31. The largest absolute Gasteiger partial charge is 0.452 e. The molecular formula is C23H30N6O3. The van der Waals surface area contributed by atoms with Crippen molar-refractivity contribution in [1.29, 1.82) is 5.26 Å². The number of benzene rings is 1. The number of likely N-dealkylation sites (tertiary alicyclic amines) is 1. The molecule has 2 aromatic heterocycles. The summed E-state index contributed by atoms with van der Waals surface area (Å²) in [6.07, 6.45) is 4.97. The van der Waals surface area contributed by atoms with Crippen molar-refractivity contribution >= 4 is 23.4 Å². The number of nitrogens with one attached hydrogen (secondary N) is 2. The fourth-order valence-corrected chi connectivity index (χ4v) is 3.28. The van der Waals surface area contributed by atoms with Crippen molar-refractivity contribution in [2.45, 2.75) is 26.3 Å². The van der Waals surface area contributed by atoms with Crippen LogP contribution in [0.5, 0.6) is 0 Å². The maximum Gasteiger partial charge on any atom is 0.294 e. The number of H-pyrrole nitrogens is 1. The van der Waals surface area contributed by atoms with Gasteiger partial charge in [-0.05, 0) is 31.4 Å². The van der Waals surface area contributed by atoms with Crippen molar-refractivity contribution in [2.75, 3.05) is 19.8 Å². The summed E-state index contributed by atoms with van der Waals surface area (Å²) in [5, 5.41) is 18.9. The molecular weight excluding hydrogens is 408 g/mol. The fraction of sp³-hybridized carbons (Fsp3) is 0.348. The van der Waals surface area contributed by atoms with Crippen LogP contribution in [0, 0.1) is 24.2 Å². The second kappa shape index (κ2) is 11.6. The van der Waals surface area contributed by atoms with Gasteiger partial charge < -0.3 is 10.1 Å². The number of amides is 1. The zero-order valence-corrected chi connectivity index (χ0v) is 18.0. The van der Waals surface area contributed by atoms with Crippen LogP contribution < -0.4 is 5.32 Å². The van der Waals surface area contributed by atoms with Crippen LogP contribution >= 0.6 is 0 Å². The molecule has 1 saturated heterocycles. The van der Waals surface area contributed by atoms with Gasteiger partial charge in [0.2, 0.25) is 0 Å². The van der Waals surface area contributed by atoms with E-state index in [0.29, 0.717) is 31.0 Å². The summed E-state index contributed by atoms with van der Waals surface area (Å²) in [6, 6.07) is 12.1. The number of aryl methyl sites for hydroxylation is 1. The predicted molar refractivity (Wildman–Crippen MR) is 122 cm³/mol. The SMILES string of the molecule is Cc1ccc(CNC(=O)c2cnc3[nH]ncc3c2)cc1.N#CC1CCN(COC=O)CC1.[HH].[HH]. The number of aromatic amines is 1. The highest BCUT2D eigenvalue weighted by Gasteiger charge is 2.18. The lowest BCUT2D eigenvalue weighted by Gasteiger charge is -2.27. The summed E-state index contributed by atoms with van der Waals surface area (Å²) in [5.74, 6) is 0.0543. The lowest BCUT2D eigenvalue weighted by atomic mass is 9.99. The first-order valence-corrected chi connectivity index (χ1v) is 10.4. The molecule has 2 N–H and O–H groups in total. The van der Waals surface area contributed by atoms with Crippen LogP contribution in [0.1, 0.15) is 37.2 Å². The monoisotopic (exact) mass is 438 g/mol. The quantitative estimate of drug-likeness (QED) is 0.567. The maximum absolute atomic E-state index is 12.1. The Labute approximate surface area is 189 Å². The zero-order chi connectivity index (χ0) is 22.8. The van der Waals surface area contributed by atoms with E-state index in [2.05, 4.69) is 31.3 Å². The number of hydrogen-bond donors (Lipinski definition) is 2. The van der Waals surface area contributed by atoms with E-state index in [1.54, 1.807) is 18.5 Å². The van der Waals surface area contributed by atoms with Crippen LogP contribution in [0.3, 0.4) is 0 Å². The zero-order valence-electron chi connectivity index (χ0n) is 18.0. The number of pyridine rings is 1. The highest BCUT2D eigenvalue weighted by atomic mass is 16.5. The first kappa shape index (κ1) is 22.9. The Balaban J connectivity index is 0.000000360. The number of carbonyl (C=O) groups excluding carboxylic acids is 2. The summed E-state index contributed by atoms with van der Waals surface area (Å²) in [4.78, 5) is 28.1. The van der Waals surface area contributed by atoms with Crippen molar-refractivity contribution < 1.29 is 17.2 Å². The Kier molecular flexibility index (Phi) is 8.29. The molecule has 0 radical (unpaired) electrons. The number of fused-ring (bicyclic) bond motifs is 1. The predicted octanol–water partition coefficient (Wildman–Crippen LogP) is 3.04. The molecule has 3 heterocycles. The van der Waals surface area contributed by atoms with Crippen molar-refractivity contribution in [3.05, 3.63) is 59.4 Å². The van der Waals surface area contributed by atoms with Gasteiger partial charge in [0.15, 0.2) is 5.65 Å². The molecule has 0 aliphatic carbocycles. The summed E-state index contributed by atoms with van der Waals surface area (Å²) >= 11 is 0. The third kappa shape index (κ3) is 6.62. The summed E-state index contributed by atoms with van der Waals surface area (Å²) in [6.45, 7) is 5.06. The molecule has 1 amide bonds. The molecule has 1 aliphatic heterocycles.